The van der Waals surface area contributed by atoms with Gasteiger partial charge in [-0.15, -0.1) is 0 Å². The van der Waals surface area contributed by atoms with Crippen LogP contribution in [0.5, 0.6) is 0 Å². The second kappa shape index (κ2) is 3.81. The molecule has 0 bridgehead atoms. The summed E-state index contributed by atoms with van der Waals surface area (Å²) in [5, 5.41) is 0. The van der Waals surface area contributed by atoms with Gasteiger partial charge in [-0.05, 0) is 6.42 Å². The van der Waals surface area contributed by atoms with Crippen LogP contribution in [-0.4, -0.2) is 22.1 Å². The largest absolute Gasteiger partial charge is 0.335 e. The Balaban J connectivity index is 3.61. The van der Waals surface area contributed by atoms with Gasteiger partial charge in [-0.25, -0.2) is 0 Å². The highest BCUT2D eigenvalue weighted by atomic mass is 32.2. The van der Waals surface area contributed by atoms with Gasteiger partial charge in [0.2, 0.25) is 0 Å². The van der Waals surface area contributed by atoms with Crippen LogP contribution in [0.15, 0.2) is 0 Å². The molecule has 0 aromatic rings. The number of rotatable bonds is 4. The Hall–Kier alpha value is -0.130. The molecule has 0 amide bonds. The van der Waals surface area contributed by atoms with Crippen molar-refractivity contribution in [2.24, 2.45) is 0 Å². The molecule has 0 rings (SSSR count). The van der Waals surface area contributed by atoms with E-state index in [4.69, 9.17) is 0 Å². The molecule has 0 aliphatic carbocycles. The molecule has 0 aliphatic rings. The maximum absolute atomic E-state index is 10.4. The van der Waals surface area contributed by atoms with Gasteiger partial charge in [-0.3, -0.25) is 4.18 Å². The minimum absolute atomic E-state index is 0.427. The maximum Gasteiger partial charge on any atom is 0.335 e. The van der Waals surface area contributed by atoms with E-state index in [1.807, 2.05) is 6.92 Å². The number of nitrogens with one attached hydrogen (secondary N) is 1. The predicted molar refractivity (Wildman–Crippen MR) is 34.2 cm³/mol. The Morgan fingerprint density at radius 3 is 2.44 bits per heavy atom. The summed E-state index contributed by atoms with van der Waals surface area (Å²) in [6.07, 6.45) is 0.766. The lowest BCUT2D eigenvalue weighted by molar-refractivity contribution is 0.387. The summed E-state index contributed by atoms with van der Waals surface area (Å²) >= 11 is 0. The molecular weight excluding hydrogens is 142 g/mol. The van der Waals surface area contributed by atoms with Crippen LogP contribution in [0.25, 0.3) is 0 Å². The summed E-state index contributed by atoms with van der Waals surface area (Å²) in [5.74, 6) is 0. The molecule has 0 fully saturated rings. The van der Waals surface area contributed by atoms with Crippen molar-refractivity contribution >= 4 is 10.3 Å². The third-order valence-corrected chi connectivity index (χ3v) is 1.74. The minimum Gasteiger partial charge on any atom is -0.261 e. The number of hydrogen-bond acceptors (Lipinski definition) is 3. The van der Waals surface area contributed by atoms with Gasteiger partial charge in [-0.1, -0.05) is 6.92 Å². The van der Waals surface area contributed by atoms with Crippen molar-refractivity contribution in [3.05, 3.63) is 0 Å². The summed E-state index contributed by atoms with van der Waals surface area (Å²) in [7, 11) is -2.31. The van der Waals surface area contributed by atoms with Crippen molar-refractivity contribution < 1.29 is 12.6 Å². The fraction of sp³-hybridized carbons (Fsp3) is 1.00. The van der Waals surface area contributed by atoms with E-state index in [1.165, 1.54) is 0 Å². The quantitative estimate of drug-likeness (QED) is 0.612. The van der Waals surface area contributed by atoms with Gasteiger partial charge in [0, 0.05) is 6.54 Å². The standard InChI is InChI=1S/C4H11NO3S/c1-3-4-5-9(6,7)8-2/h5H,3-4H2,1-2H3. The fourth-order valence-corrected chi connectivity index (χ4v) is 0.858. The highest BCUT2D eigenvalue weighted by Crippen LogP contribution is 1.82. The predicted octanol–water partition coefficient (Wildman–Crippen LogP) is -0.123. The number of hydrogen-bond donors (Lipinski definition) is 1. The maximum atomic E-state index is 10.4. The van der Waals surface area contributed by atoms with Gasteiger partial charge in [-0.2, -0.15) is 13.1 Å². The molecule has 0 aromatic carbocycles. The van der Waals surface area contributed by atoms with E-state index in [2.05, 4.69) is 8.91 Å². The van der Waals surface area contributed by atoms with E-state index < -0.39 is 10.3 Å². The molecule has 5 heteroatoms. The zero-order valence-electron chi connectivity index (χ0n) is 5.55. The van der Waals surface area contributed by atoms with E-state index in [-0.39, 0.29) is 0 Å². The monoisotopic (exact) mass is 153 g/mol. The topological polar surface area (TPSA) is 55.4 Å². The molecule has 56 valence electrons. The third kappa shape index (κ3) is 4.38. The first-order chi connectivity index (χ1) is 4.12. The van der Waals surface area contributed by atoms with Gasteiger partial charge in [0.05, 0.1) is 7.11 Å². The van der Waals surface area contributed by atoms with Crippen molar-refractivity contribution in [1.82, 2.24) is 4.72 Å². The summed E-state index contributed by atoms with van der Waals surface area (Å²) in [6, 6.07) is 0. The molecular formula is C4H11NO3S. The molecule has 0 aliphatic heterocycles. The molecule has 4 nitrogen and oxygen atoms in total. The Labute approximate surface area is 55.5 Å². The first-order valence-corrected chi connectivity index (χ1v) is 4.08. The third-order valence-electron chi connectivity index (χ3n) is 0.748. The van der Waals surface area contributed by atoms with Crippen molar-refractivity contribution in [2.45, 2.75) is 13.3 Å². The lowest BCUT2D eigenvalue weighted by Crippen LogP contribution is -2.25. The first-order valence-electron chi connectivity index (χ1n) is 2.67. The Morgan fingerprint density at radius 1 is 1.56 bits per heavy atom. The SMILES string of the molecule is CCCNS(=O)(=O)OC. The molecule has 0 saturated carbocycles. The summed E-state index contributed by atoms with van der Waals surface area (Å²) in [5.41, 5.74) is 0. The molecule has 0 atom stereocenters. The average Bonchev–Trinajstić information content (AvgIpc) is 1.84. The lowest BCUT2D eigenvalue weighted by atomic mass is 10.5. The van der Waals surface area contributed by atoms with Crippen LogP contribution in [0.2, 0.25) is 0 Å². The Morgan fingerprint density at radius 2 is 2.11 bits per heavy atom. The van der Waals surface area contributed by atoms with Crippen molar-refractivity contribution in [3.8, 4) is 0 Å². The molecule has 1 N–H and O–H groups in total. The van der Waals surface area contributed by atoms with Crippen LogP contribution in [0.3, 0.4) is 0 Å². The second-order valence-electron chi connectivity index (χ2n) is 1.52. The minimum atomic E-state index is -3.43. The van der Waals surface area contributed by atoms with Crippen LogP contribution in [0.4, 0.5) is 0 Å². The van der Waals surface area contributed by atoms with Gasteiger partial charge >= 0.3 is 10.3 Å². The van der Waals surface area contributed by atoms with E-state index in [0.29, 0.717) is 6.54 Å². The molecule has 0 aromatic heterocycles. The molecule has 0 heterocycles. The smallest absolute Gasteiger partial charge is 0.261 e. The van der Waals surface area contributed by atoms with Crippen LogP contribution in [-0.2, 0) is 14.5 Å². The van der Waals surface area contributed by atoms with E-state index in [9.17, 15) is 8.42 Å². The van der Waals surface area contributed by atoms with Gasteiger partial charge < -0.3 is 0 Å². The highest BCUT2D eigenvalue weighted by Gasteiger charge is 2.03. The van der Waals surface area contributed by atoms with Gasteiger partial charge in [0.25, 0.3) is 0 Å². The summed E-state index contributed by atoms with van der Waals surface area (Å²) < 4.78 is 27.2. The normalized spacial score (nSPS) is 11.8. The first kappa shape index (κ1) is 8.87. The van der Waals surface area contributed by atoms with Crippen LogP contribution >= 0.6 is 0 Å². The zero-order chi connectivity index (χ0) is 7.33. The van der Waals surface area contributed by atoms with Crippen LogP contribution in [0, 0.1) is 0 Å². The van der Waals surface area contributed by atoms with Crippen LogP contribution < -0.4 is 4.72 Å². The summed E-state index contributed by atoms with van der Waals surface area (Å²) in [6.45, 7) is 2.30. The average molecular weight is 153 g/mol. The van der Waals surface area contributed by atoms with Crippen molar-refractivity contribution in [1.29, 1.82) is 0 Å². The lowest BCUT2D eigenvalue weighted by Gasteiger charge is -1.99. The molecule has 0 spiro atoms. The highest BCUT2D eigenvalue weighted by molar-refractivity contribution is 7.84. The zero-order valence-corrected chi connectivity index (χ0v) is 6.36. The Bertz CT molecular complexity index is 151. The van der Waals surface area contributed by atoms with Crippen LogP contribution in [0.1, 0.15) is 13.3 Å². The van der Waals surface area contributed by atoms with E-state index in [1.54, 1.807) is 0 Å². The summed E-state index contributed by atoms with van der Waals surface area (Å²) in [4.78, 5) is 0. The van der Waals surface area contributed by atoms with E-state index >= 15 is 0 Å². The molecule has 0 radical (unpaired) electrons. The fourth-order valence-electron chi connectivity index (χ4n) is 0.286. The van der Waals surface area contributed by atoms with Gasteiger partial charge in [0.1, 0.15) is 0 Å². The molecule has 9 heavy (non-hydrogen) atoms. The van der Waals surface area contributed by atoms with Gasteiger partial charge in [0.15, 0.2) is 0 Å². The van der Waals surface area contributed by atoms with Crippen molar-refractivity contribution in [2.75, 3.05) is 13.7 Å². The van der Waals surface area contributed by atoms with E-state index in [0.717, 1.165) is 13.5 Å². The molecule has 0 saturated heterocycles. The Kier molecular flexibility index (Phi) is 3.76. The van der Waals surface area contributed by atoms with Crippen molar-refractivity contribution in [3.63, 3.8) is 0 Å². The second-order valence-corrected chi connectivity index (χ2v) is 3.05. The molecule has 0 unspecified atom stereocenters.